The Kier molecular flexibility index (Phi) is 4.40. The zero-order valence-corrected chi connectivity index (χ0v) is 11.3. The first-order valence-electron chi connectivity index (χ1n) is 6.41. The zero-order valence-electron chi connectivity index (χ0n) is 11.3. The highest BCUT2D eigenvalue weighted by atomic mass is 16.5. The molecule has 2 rings (SSSR count). The number of carboxylic acids is 1. The topological polar surface area (TPSA) is 66.8 Å². The van der Waals surface area contributed by atoms with E-state index in [0.717, 1.165) is 11.3 Å². The van der Waals surface area contributed by atoms with Crippen LogP contribution in [0.25, 0.3) is 6.08 Å². The van der Waals surface area contributed by atoms with E-state index < -0.39 is 5.97 Å². The summed E-state index contributed by atoms with van der Waals surface area (Å²) in [7, 11) is 1.60. The minimum atomic E-state index is -0.809. The number of methoxy groups -OCH3 is 1. The van der Waals surface area contributed by atoms with Crippen molar-refractivity contribution in [1.82, 2.24) is 4.90 Å². The number of aliphatic carboxylic acids is 1. The highest BCUT2D eigenvalue weighted by Crippen LogP contribution is 2.19. The van der Waals surface area contributed by atoms with Gasteiger partial charge in [0.05, 0.1) is 13.5 Å². The van der Waals surface area contributed by atoms with Crippen molar-refractivity contribution in [2.75, 3.05) is 20.2 Å². The van der Waals surface area contributed by atoms with Crippen molar-refractivity contribution in [1.29, 1.82) is 0 Å². The Balaban J connectivity index is 1.82. The van der Waals surface area contributed by atoms with Gasteiger partial charge in [-0.3, -0.25) is 9.59 Å². The summed E-state index contributed by atoms with van der Waals surface area (Å²) in [5.74, 6) is -0.0306. The Labute approximate surface area is 117 Å². The molecule has 1 N–H and O–H groups in total. The number of hydrogen-bond donors (Lipinski definition) is 1. The monoisotopic (exact) mass is 275 g/mol. The number of hydrogen-bond acceptors (Lipinski definition) is 3. The lowest BCUT2D eigenvalue weighted by Gasteiger charge is -2.37. The number of carbonyl (C=O) groups is 2. The normalized spacial score (nSPS) is 15.2. The molecule has 1 aliphatic heterocycles. The second kappa shape index (κ2) is 6.23. The number of likely N-dealkylation sites (tertiary alicyclic amines) is 1. The maximum Gasteiger partial charge on any atom is 0.303 e. The minimum Gasteiger partial charge on any atom is -0.497 e. The molecule has 5 heteroatoms. The highest BCUT2D eigenvalue weighted by molar-refractivity contribution is 5.92. The van der Waals surface area contributed by atoms with Gasteiger partial charge in [0.25, 0.3) is 0 Å². The number of rotatable bonds is 5. The van der Waals surface area contributed by atoms with E-state index in [9.17, 15) is 9.59 Å². The lowest BCUT2D eigenvalue weighted by molar-refractivity contribution is -0.143. The third-order valence-corrected chi connectivity index (χ3v) is 3.27. The zero-order chi connectivity index (χ0) is 14.5. The van der Waals surface area contributed by atoms with Crippen molar-refractivity contribution in [2.45, 2.75) is 6.42 Å². The van der Waals surface area contributed by atoms with Crippen molar-refractivity contribution in [3.63, 3.8) is 0 Å². The Hall–Kier alpha value is -2.30. The van der Waals surface area contributed by atoms with Crippen LogP contribution in [0.3, 0.4) is 0 Å². The smallest absolute Gasteiger partial charge is 0.303 e. The molecule has 1 aromatic rings. The van der Waals surface area contributed by atoms with Crippen molar-refractivity contribution in [2.24, 2.45) is 5.92 Å². The van der Waals surface area contributed by atoms with Crippen LogP contribution in [-0.2, 0) is 9.59 Å². The first-order valence-corrected chi connectivity index (χ1v) is 6.41. The van der Waals surface area contributed by atoms with E-state index in [0.29, 0.717) is 13.1 Å². The Morgan fingerprint density at radius 2 is 2.00 bits per heavy atom. The predicted octanol–water partition coefficient (Wildman–Crippen LogP) is 1.64. The van der Waals surface area contributed by atoms with Crippen LogP contribution in [0.5, 0.6) is 5.75 Å². The van der Waals surface area contributed by atoms with Crippen molar-refractivity contribution >= 4 is 18.0 Å². The minimum absolute atomic E-state index is 0.0811. The van der Waals surface area contributed by atoms with Gasteiger partial charge in [-0.1, -0.05) is 12.1 Å². The van der Waals surface area contributed by atoms with Crippen molar-refractivity contribution < 1.29 is 19.4 Å². The molecule has 1 amide bonds. The summed E-state index contributed by atoms with van der Waals surface area (Å²) in [6.45, 7) is 1.05. The molecule has 1 aliphatic rings. The van der Waals surface area contributed by atoms with E-state index in [-0.39, 0.29) is 18.2 Å². The lowest BCUT2D eigenvalue weighted by atomic mass is 9.96. The van der Waals surface area contributed by atoms with Crippen LogP contribution in [0.4, 0.5) is 0 Å². The molecule has 5 nitrogen and oxygen atoms in total. The first-order chi connectivity index (χ1) is 9.58. The summed E-state index contributed by atoms with van der Waals surface area (Å²) in [5.41, 5.74) is 0.918. The SMILES string of the molecule is COc1ccc(C=CC(=O)N2CC(CC(=O)O)C2)cc1. The Morgan fingerprint density at radius 1 is 1.35 bits per heavy atom. The van der Waals surface area contributed by atoms with Crippen LogP contribution in [0.2, 0.25) is 0 Å². The largest absolute Gasteiger partial charge is 0.497 e. The van der Waals surface area contributed by atoms with Gasteiger partial charge >= 0.3 is 5.97 Å². The fourth-order valence-electron chi connectivity index (χ4n) is 2.11. The van der Waals surface area contributed by atoms with E-state index >= 15 is 0 Å². The molecule has 1 saturated heterocycles. The number of carboxylic acid groups (broad SMARTS) is 1. The van der Waals surface area contributed by atoms with E-state index in [4.69, 9.17) is 9.84 Å². The average Bonchev–Trinajstić information content (AvgIpc) is 2.40. The lowest BCUT2D eigenvalue weighted by Crippen LogP contribution is -2.49. The molecular weight excluding hydrogens is 258 g/mol. The Morgan fingerprint density at radius 3 is 2.55 bits per heavy atom. The van der Waals surface area contributed by atoms with Gasteiger partial charge in [-0.2, -0.15) is 0 Å². The van der Waals surface area contributed by atoms with E-state index in [1.165, 1.54) is 6.08 Å². The van der Waals surface area contributed by atoms with Crippen LogP contribution in [0.1, 0.15) is 12.0 Å². The van der Waals surface area contributed by atoms with Gasteiger partial charge in [0.1, 0.15) is 5.75 Å². The van der Waals surface area contributed by atoms with Gasteiger partial charge < -0.3 is 14.7 Å². The molecule has 0 unspecified atom stereocenters. The molecule has 1 aromatic carbocycles. The number of ether oxygens (including phenoxy) is 1. The molecular formula is C15H17NO4. The second-order valence-electron chi connectivity index (χ2n) is 4.81. The molecule has 20 heavy (non-hydrogen) atoms. The fraction of sp³-hybridized carbons (Fsp3) is 0.333. The quantitative estimate of drug-likeness (QED) is 0.830. The third kappa shape index (κ3) is 3.60. The average molecular weight is 275 g/mol. The molecule has 0 bridgehead atoms. The molecule has 0 atom stereocenters. The van der Waals surface area contributed by atoms with Crippen molar-refractivity contribution in [3.05, 3.63) is 35.9 Å². The number of benzene rings is 1. The maximum atomic E-state index is 11.8. The third-order valence-electron chi connectivity index (χ3n) is 3.27. The number of amides is 1. The van der Waals surface area contributed by atoms with Gasteiger partial charge in [-0.15, -0.1) is 0 Å². The molecule has 1 heterocycles. The first kappa shape index (κ1) is 14.1. The van der Waals surface area contributed by atoms with Gasteiger partial charge in [0.15, 0.2) is 0 Å². The van der Waals surface area contributed by atoms with Gasteiger partial charge in [0.2, 0.25) is 5.91 Å². The summed E-state index contributed by atoms with van der Waals surface area (Å²) >= 11 is 0. The van der Waals surface area contributed by atoms with Crippen LogP contribution in [0.15, 0.2) is 30.3 Å². The van der Waals surface area contributed by atoms with Crippen LogP contribution in [0, 0.1) is 5.92 Å². The van der Waals surface area contributed by atoms with E-state index in [2.05, 4.69) is 0 Å². The van der Waals surface area contributed by atoms with Crippen LogP contribution in [-0.4, -0.2) is 42.1 Å². The van der Waals surface area contributed by atoms with Crippen LogP contribution < -0.4 is 4.74 Å². The van der Waals surface area contributed by atoms with E-state index in [1.807, 2.05) is 24.3 Å². The van der Waals surface area contributed by atoms with Gasteiger partial charge in [-0.05, 0) is 23.8 Å². The van der Waals surface area contributed by atoms with E-state index in [1.54, 1.807) is 18.1 Å². The molecule has 0 saturated carbocycles. The molecule has 106 valence electrons. The highest BCUT2D eigenvalue weighted by Gasteiger charge is 2.30. The summed E-state index contributed by atoms with van der Waals surface area (Å²) < 4.78 is 5.06. The predicted molar refractivity (Wildman–Crippen MR) is 74.4 cm³/mol. The van der Waals surface area contributed by atoms with Gasteiger partial charge in [-0.25, -0.2) is 0 Å². The molecule has 0 aliphatic carbocycles. The summed E-state index contributed by atoms with van der Waals surface area (Å²) in [6, 6.07) is 7.39. The fourth-order valence-corrected chi connectivity index (χ4v) is 2.11. The number of carbonyl (C=O) groups excluding carboxylic acids is 1. The number of nitrogens with zero attached hydrogens (tertiary/aromatic N) is 1. The summed E-state index contributed by atoms with van der Waals surface area (Å²) in [4.78, 5) is 24.0. The standard InChI is InChI=1S/C15H17NO4/c1-20-13-5-2-11(3-6-13)4-7-14(17)16-9-12(10-16)8-15(18)19/h2-7,12H,8-10H2,1H3,(H,18,19). The summed E-state index contributed by atoms with van der Waals surface area (Å²) in [6.07, 6.45) is 3.39. The molecule has 0 spiro atoms. The van der Waals surface area contributed by atoms with Crippen molar-refractivity contribution in [3.8, 4) is 5.75 Å². The second-order valence-corrected chi connectivity index (χ2v) is 4.81. The Bertz CT molecular complexity index is 515. The van der Waals surface area contributed by atoms with Crippen LogP contribution >= 0.6 is 0 Å². The summed E-state index contributed by atoms with van der Waals surface area (Å²) in [5, 5.41) is 8.64. The molecule has 0 radical (unpaired) electrons. The molecule has 0 aromatic heterocycles. The van der Waals surface area contributed by atoms with Gasteiger partial charge in [0, 0.05) is 25.1 Å². The maximum absolute atomic E-state index is 11.8. The molecule has 1 fully saturated rings.